The van der Waals surface area contributed by atoms with Crippen molar-refractivity contribution in [3.8, 4) is 5.75 Å². The van der Waals surface area contributed by atoms with Crippen LogP contribution in [0.1, 0.15) is 21.6 Å². The second kappa shape index (κ2) is 4.98. The highest BCUT2D eigenvalue weighted by Crippen LogP contribution is 2.25. The fourth-order valence-corrected chi connectivity index (χ4v) is 2.54. The average Bonchev–Trinajstić information content (AvgIpc) is 2.82. The lowest BCUT2D eigenvalue weighted by Crippen LogP contribution is -2.07. The van der Waals surface area contributed by atoms with E-state index in [1.165, 1.54) is 7.11 Å². The van der Waals surface area contributed by atoms with E-state index in [4.69, 9.17) is 10.5 Å². The predicted molar refractivity (Wildman–Crippen MR) is 83.0 cm³/mol. The summed E-state index contributed by atoms with van der Waals surface area (Å²) >= 11 is 0. The molecule has 3 rings (SSSR count). The third-order valence-electron chi connectivity index (χ3n) is 3.58. The molecule has 0 saturated heterocycles. The molecule has 0 bridgehead atoms. The van der Waals surface area contributed by atoms with Crippen LogP contribution in [0.3, 0.4) is 0 Å². The van der Waals surface area contributed by atoms with E-state index in [1.807, 2.05) is 41.8 Å². The molecule has 4 nitrogen and oxygen atoms in total. The van der Waals surface area contributed by atoms with E-state index in [2.05, 4.69) is 0 Å². The highest BCUT2D eigenvalue weighted by Gasteiger charge is 2.17. The number of nitrogens with two attached hydrogens (primary N) is 1. The predicted octanol–water partition coefficient (Wildman–Crippen LogP) is 3.07. The first-order valence-corrected chi connectivity index (χ1v) is 6.66. The molecule has 0 spiro atoms. The summed E-state index contributed by atoms with van der Waals surface area (Å²) < 4.78 is 7.09. The zero-order chi connectivity index (χ0) is 15.0. The third kappa shape index (κ3) is 2.14. The molecule has 0 aliphatic heterocycles. The number of methoxy groups -OCH3 is 1. The summed E-state index contributed by atoms with van der Waals surface area (Å²) in [6.45, 7) is 1.94. The van der Waals surface area contributed by atoms with Gasteiger partial charge in [-0.05, 0) is 48.9 Å². The monoisotopic (exact) mass is 280 g/mol. The number of hydrogen-bond donors (Lipinski definition) is 1. The number of pyridine rings is 1. The molecule has 0 fully saturated rings. The molecule has 2 heterocycles. The molecule has 3 aromatic rings. The van der Waals surface area contributed by atoms with Crippen LogP contribution in [0, 0.1) is 6.92 Å². The minimum absolute atomic E-state index is 0.0444. The molecule has 106 valence electrons. The lowest BCUT2D eigenvalue weighted by Gasteiger charge is -2.08. The standard InChI is InChI=1S/C17H16N2O2/c1-11-9-13-5-3-4-8-19(13)16(11)17(20)12-6-7-14(18)15(10-12)21-2/h3-10H,18H2,1-2H3. The Kier molecular flexibility index (Phi) is 3.14. The van der Waals surface area contributed by atoms with E-state index in [9.17, 15) is 4.79 Å². The maximum Gasteiger partial charge on any atom is 0.210 e. The van der Waals surface area contributed by atoms with Gasteiger partial charge >= 0.3 is 0 Å². The number of aromatic nitrogens is 1. The Morgan fingerprint density at radius 2 is 2.00 bits per heavy atom. The Hall–Kier alpha value is -2.75. The van der Waals surface area contributed by atoms with Gasteiger partial charge in [-0.1, -0.05) is 6.07 Å². The number of benzene rings is 1. The van der Waals surface area contributed by atoms with Crippen LogP contribution in [0.2, 0.25) is 0 Å². The first kappa shape index (κ1) is 13.2. The number of fused-ring (bicyclic) bond motifs is 1. The molecule has 0 atom stereocenters. The summed E-state index contributed by atoms with van der Waals surface area (Å²) in [4.78, 5) is 12.8. The fourth-order valence-electron chi connectivity index (χ4n) is 2.54. The van der Waals surface area contributed by atoms with Crippen LogP contribution >= 0.6 is 0 Å². The lowest BCUT2D eigenvalue weighted by atomic mass is 10.0. The average molecular weight is 280 g/mol. The van der Waals surface area contributed by atoms with Crippen molar-refractivity contribution < 1.29 is 9.53 Å². The Labute approximate surface area is 122 Å². The molecule has 0 unspecified atom stereocenters. The summed E-state index contributed by atoms with van der Waals surface area (Å²) in [5.41, 5.74) is 9.49. The number of aryl methyl sites for hydroxylation is 1. The first-order chi connectivity index (χ1) is 10.1. The number of ketones is 1. The minimum Gasteiger partial charge on any atom is -0.495 e. The van der Waals surface area contributed by atoms with Gasteiger partial charge in [0.25, 0.3) is 0 Å². The van der Waals surface area contributed by atoms with Crippen molar-refractivity contribution in [3.63, 3.8) is 0 Å². The molecule has 0 saturated carbocycles. The zero-order valence-electron chi connectivity index (χ0n) is 12.0. The Morgan fingerprint density at radius 3 is 2.76 bits per heavy atom. The van der Waals surface area contributed by atoms with Gasteiger partial charge in [0.1, 0.15) is 5.75 Å². The topological polar surface area (TPSA) is 56.7 Å². The van der Waals surface area contributed by atoms with Crippen LogP contribution in [0.25, 0.3) is 5.52 Å². The number of carbonyl (C=O) groups excluding carboxylic acids is 1. The summed E-state index contributed by atoms with van der Waals surface area (Å²) in [5, 5.41) is 0. The Morgan fingerprint density at radius 1 is 1.19 bits per heavy atom. The summed E-state index contributed by atoms with van der Waals surface area (Å²) in [5.74, 6) is 0.469. The number of hydrogen-bond acceptors (Lipinski definition) is 3. The minimum atomic E-state index is -0.0444. The second-order valence-electron chi connectivity index (χ2n) is 4.96. The SMILES string of the molecule is COc1cc(C(=O)c2c(C)cc3ccccn23)ccc1N. The van der Waals surface area contributed by atoms with Gasteiger partial charge in [0, 0.05) is 17.3 Å². The van der Waals surface area contributed by atoms with Crippen molar-refractivity contribution >= 4 is 17.0 Å². The van der Waals surface area contributed by atoms with Crippen molar-refractivity contribution in [2.45, 2.75) is 6.92 Å². The van der Waals surface area contributed by atoms with Gasteiger partial charge in [0.05, 0.1) is 18.5 Å². The summed E-state index contributed by atoms with van der Waals surface area (Å²) in [7, 11) is 1.54. The van der Waals surface area contributed by atoms with Gasteiger partial charge in [0.2, 0.25) is 5.78 Å². The molecule has 21 heavy (non-hydrogen) atoms. The van der Waals surface area contributed by atoms with Crippen molar-refractivity contribution in [2.24, 2.45) is 0 Å². The molecule has 2 N–H and O–H groups in total. The van der Waals surface area contributed by atoms with E-state index in [0.717, 1.165) is 11.1 Å². The Bertz CT molecular complexity index is 834. The van der Waals surface area contributed by atoms with E-state index >= 15 is 0 Å². The van der Waals surface area contributed by atoms with Gasteiger partial charge in [-0.2, -0.15) is 0 Å². The van der Waals surface area contributed by atoms with E-state index in [1.54, 1.807) is 18.2 Å². The normalized spacial score (nSPS) is 10.8. The van der Waals surface area contributed by atoms with Crippen molar-refractivity contribution in [2.75, 3.05) is 12.8 Å². The van der Waals surface area contributed by atoms with Gasteiger partial charge in [0.15, 0.2) is 0 Å². The molecular weight excluding hydrogens is 264 g/mol. The maximum absolute atomic E-state index is 12.8. The zero-order valence-corrected chi connectivity index (χ0v) is 12.0. The van der Waals surface area contributed by atoms with Gasteiger partial charge in [-0.15, -0.1) is 0 Å². The molecule has 0 amide bonds. The van der Waals surface area contributed by atoms with E-state index < -0.39 is 0 Å². The molecule has 4 heteroatoms. The van der Waals surface area contributed by atoms with Crippen molar-refractivity contribution in [1.29, 1.82) is 0 Å². The van der Waals surface area contributed by atoms with Crippen LogP contribution in [-0.2, 0) is 0 Å². The first-order valence-electron chi connectivity index (χ1n) is 6.66. The van der Waals surface area contributed by atoms with Crippen LogP contribution in [-0.4, -0.2) is 17.3 Å². The van der Waals surface area contributed by atoms with Gasteiger partial charge < -0.3 is 14.9 Å². The highest BCUT2D eigenvalue weighted by molar-refractivity contribution is 6.10. The molecule has 0 aliphatic rings. The third-order valence-corrected chi connectivity index (χ3v) is 3.58. The number of rotatable bonds is 3. The number of nitrogens with zero attached hydrogens (tertiary/aromatic N) is 1. The lowest BCUT2D eigenvalue weighted by molar-refractivity contribution is 0.103. The quantitative estimate of drug-likeness (QED) is 0.592. The van der Waals surface area contributed by atoms with Crippen molar-refractivity contribution in [3.05, 3.63) is 65.5 Å². The highest BCUT2D eigenvalue weighted by atomic mass is 16.5. The molecular formula is C17H16N2O2. The van der Waals surface area contributed by atoms with Crippen LogP contribution in [0.15, 0.2) is 48.7 Å². The van der Waals surface area contributed by atoms with Gasteiger partial charge in [-0.25, -0.2) is 0 Å². The van der Waals surface area contributed by atoms with Crippen molar-refractivity contribution in [1.82, 2.24) is 4.40 Å². The Balaban J connectivity index is 2.15. The summed E-state index contributed by atoms with van der Waals surface area (Å²) in [6.07, 6.45) is 1.89. The number of carbonyl (C=O) groups is 1. The number of anilines is 1. The van der Waals surface area contributed by atoms with Crippen LogP contribution in [0.5, 0.6) is 5.75 Å². The molecule has 1 aromatic carbocycles. The maximum atomic E-state index is 12.8. The van der Waals surface area contributed by atoms with Crippen LogP contribution < -0.4 is 10.5 Å². The largest absolute Gasteiger partial charge is 0.495 e. The second-order valence-corrected chi connectivity index (χ2v) is 4.96. The fraction of sp³-hybridized carbons (Fsp3) is 0.118. The number of nitrogen functional groups attached to an aromatic ring is 1. The number of ether oxygens (including phenoxy) is 1. The van der Waals surface area contributed by atoms with E-state index in [0.29, 0.717) is 22.7 Å². The van der Waals surface area contributed by atoms with Crippen LogP contribution in [0.4, 0.5) is 5.69 Å². The smallest absolute Gasteiger partial charge is 0.210 e. The molecule has 0 aliphatic carbocycles. The van der Waals surface area contributed by atoms with Gasteiger partial charge in [-0.3, -0.25) is 4.79 Å². The summed E-state index contributed by atoms with van der Waals surface area (Å²) in [6, 6.07) is 12.9. The molecule has 2 aromatic heterocycles. The molecule has 0 radical (unpaired) electrons. The van der Waals surface area contributed by atoms with E-state index in [-0.39, 0.29) is 5.78 Å².